The van der Waals surface area contributed by atoms with Crippen molar-refractivity contribution in [1.29, 1.82) is 0 Å². The van der Waals surface area contributed by atoms with E-state index in [0.29, 0.717) is 24.2 Å². The third-order valence-corrected chi connectivity index (χ3v) is 4.09. The summed E-state index contributed by atoms with van der Waals surface area (Å²) in [6.45, 7) is 4.37. The quantitative estimate of drug-likeness (QED) is 0.844. The number of halogens is 1. The summed E-state index contributed by atoms with van der Waals surface area (Å²) in [5.41, 5.74) is 7.56. The summed E-state index contributed by atoms with van der Waals surface area (Å²) >= 11 is 0. The van der Waals surface area contributed by atoms with Gasteiger partial charge in [-0.25, -0.2) is 9.82 Å². The van der Waals surface area contributed by atoms with E-state index in [4.69, 9.17) is 4.52 Å². The van der Waals surface area contributed by atoms with Crippen LogP contribution in [0.4, 0.5) is 4.39 Å². The minimum atomic E-state index is -0.211. The Bertz CT molecular complexity index is 630. The molecule has 6 nitrogen and oxygen atoms in total. The average molecular weight is 319 g/mol. The lowest BCUT2D eigenvalue weighted by Gasteiger charge is -2.24. The van der Waals surface area contributed by atoms with Crippen molar-refractivity contribution < 1.29 is 8.91 Å². The van der Waals surface area contributed by atoms with Gasteiger partial charge in [0, 0.05) is 25.4 Å². The minimum Gasteiger partial charge on any atom is -0.339 e. The van der Waals surface area contributed by atoms with Crippen LogP contribution < -0.4 is 10.9 Å². The van der Waals surface area contributed by atoms with Gasteiger partial charge >= 0.3 is 0 Å². The van der Waals surface area contributed by atoms with Crippen LogP contribution in [-0.4, -0.2) is 35.2 Å². The van der Waals surface area contributed by atoms with Gasteiger partial charge in [0.15, 0.2) is 5.82 Å². The normalized spacial score (nSPS) is 21.2. The first-order valence-electron chi connectivity index (χ1n) is 7.89. The molecule has 0 aliphatic carbocycles. The zero-order valence-corrected chi connectivity index (χ0v) is 13.4. The van der Waals surface area contributed by atoms with Gasteiger partial charge in [-0.2, -0.15) is 4.98 Å². The molecule has 1 aromatic carbocycles. The van der Waals surface area contributed by atoms with Gasteiger partial charge in [0.05, 0.1) is 12.6 Å². The number of rotatable bonds is 6. The molecule has 1 aliphatic rings. The molecule has 0 bridgehead atoms. The number of nitrogens with one attached hydrogen (secondary N) is 2. The summed E-state index contributed by atoms with van der Waals surface area (Å²) in [5.74, 6) is 1.55. The van der Waals surface area contributed by atoms with Crippen LogP contribution in [-0.2, 0) is 13.0 Å². The van der Waals surface area contributed by atoms with Crippen LogP contribution in [0.1, 0.15) is 30.2 Å². The first-order chi connectivity index (χ1) is 11.2. The molecule has 2 heterocycles. The lowest BCUT2D eigenvalue weighted by molar-refractivity contribution is 0.253. The molecule has 0 amide bonds. The van der Waals surface area contributed by atoms with Gasteiger partial charge in [-0.3, -0.25) is 10.3 Å². The molecule has 1 aliphatic heterocycles. The van der Waals surface area contributed by atoms with E-state index in [1.807, 2.05) is 26.1 Å². The fourth-order valence-electron chi connectivity index (χ4n) is 2.94. The molecule has 1 saturated heterocycles. The van der Waals surface area contributed by atoms with Crippen LogP contribution in [0.2, 0.25) is 0 Å². The van der Waals surface area contributed by atoms with Crippen molar-refractivity contribution in [3.05, 3.63) is 47.4 Å². The lowest BCUT2D eigenvalue weighted by Crippen LogP contribution is -2.30. The highest BCUT2D eigenvalue weighted by Crippen LogP contribution is 2.25. The predicted octanol–water partition coefficient (Wildman–Crippen LogP) is 1.67. The number of aryl methyl sites for hydroxylation is 1. The van der Waals surface area contributed by atoms with E-state index in [0.717, 1.165) is 25.1 Å². The maximum atomic E-state index is 13.1. The smallest absolute Gasteiger partial charge is 0.226 e. The third-order valence-electron chi connectivity index (χ3n) is 4.09. The zero-order valence-electron chi connectivity index (χ0n) is 13.4. The van der Waals surface area contributed by atoms with Crippen LogP contribution in [0.5, 0.6) is 0 Å². The van der Waals surface area contributed by atoms with Crippen molar-refractivity contribution in [3.8, 4) is 0 Å². The molecule has 0 saturated carbocycles. The molecule has 2 unspecified atom stereocenters. The summed E-state index contributed by atoms with van der Waals surface area (Å²) in [7, 11) is 2.04. The Hall–Kier alpha value is -1.83. The van der Waals surface area contributed by atoms with E-state index in [2.05, 4.69) is 25.9 Å². The molecule has 2 atom stereocenters. The predicted molar refractivity (Wildman–Crippen MR) is 83.8 cm³/mol. The highest BCUT2D eigenvalue weighted by molar-refractivity contribution is 5.21. The molecule has 1 fully saturated rings. The second kappa shape index (κ2) is 7.16. The van der Waals surface area contributed by atoms with E-state index in [1.165, 1.54) is 12.1 Å². The molecule has 124 valence electrons. The van der Waals surface area contributed by atoms with Crippen molar-refractivity contribution in [3.63, 3.8) is 0 Å². The van der Waals surface area contributed by atoms with E-state index in [-0.39, 0.29) is 11.9 Å². The SMILES string of the molecule is CCc1nc(CN(C)CC2CNNC2c2ccc(F)cc2)no1. The fourth-order valence-corrected chi connectivity index (χ4v) is 2.94. The molecular formula is C16H22FN5O. The van der Waals surface area contributed by atoms with E-state index in [1.54, 1.807) is 0 Å². The molecule has 2 aromatic rings. The largest absolute Gasteiger partial charge is 0.339 e. The van der Waals surface area contributed by atoms with Crippen molar-refractivity contribution in [2.75, 3.05) is 20.1 Å². The summed E-state index contributed by atoms with van der Waals surface area (Å²) in [5, 5.41) is 3.99. The monoisotopic (exact) mass is 319 g/mol. The van der Waals surface area contributed by atoms with E-state index < -0.39 is 0 Å². The van der Waals surface area contributed by atoms with Crippen molar-refractivity contribution in [1.82, 2.24) is 25.9 Å². The van der Waals surface area contributed by atoms with Gasteiger partial charge in [-0.1, -0.05) is 24.2 Å². The summed E-state index contributed by atoms with van der Waals surface area (Å²) in [4.78, 5) is 6.52. The van der Waals surface area contributed by atoms with Gasteiger partial charge in [0.25, 0.3) is 0 Å². The second-order valence-corrected chi connectivity index (χ2v) is 5.97. The number of hydrogen-bond donors (Lipinski definition) is 2. The van der Waals surface area contributed by atoms with Crippen LogP contribution in [0, 0.1) is 11.7 Å². The molecule has 0 radical (unpaired) electrons. The Morgan fingerprint density at radius 3 is 2.83 bits per heavy atom. The van der Waals surface area contributed by atoms with E-state index in [9.17, 15) is 4.39 Å². The number of benzene rings is 1. The highest BCUT2D eigenvalue weighted by atomic mass is 19.1. The number of hydrogen-bond acceptors (Lipinski definition) is 6. The maximum absolute atomic E-state index is 13.1. The van der Waals surface area contributed by atoms with Crippen LogP contribution in [0.15, 0.2) is 28.8 Å². The van der Waals surface area contributed by atoms with Crippen LogP contribution in [0.3, 0.4) is 0 Å². The molecule has 2 N–H and O–H groups in total. The van der Waals surface area contributed by atoms with Crippen molar-refractivity contribution in [2.24, 2.45) is 5.92 Å². The Morgan fingerprint density at radius 1 is 1.35 bits per heavy atom. The minimum absolute atomic E-state index is 0.162. The van der Waals surface area contributed by atoms with Gasteiger partial charge in [-0.05, 0) is 24.7 Å². The van der Waals surface area contributed by atoms with Crippen molar-refractivity contribution >= 4 is 0 Å². The molecule has 23 heavy (non-hydrogen) atoms. The van der Waals surface area contributed by atoms with Gasteiger partial charge in [0.1, 0.15) is 5.82 Å². The Labute approximate surface area is 135 Å². The number of hydrazine groups is 1. The zero-order chi connectivity index (χ0) is 16.2. The number of nitrogens with zero attached hydrogens (tertiary/aromatic N) is 3. The molecule has 0 spiro atoms. The Morgan fingerprint density at radius 2 is 2.13 bits per heavy atom. The second-order valence-electron chi connectivity index (χ2n) is 5.97. The van der Waals surface area contributed by atoms with E-state index >= 15 is 0 Å². The summed E-state index contributed by atoms with van der Waals surface area (Å²) in [6.07, 6.45) is 0.750. The Balaban J connectivity index is 1.60. The first kappa shape index (κ1) is 16.0. The average Bonchev–Trinajstić information content (AvgIpc) is 3.17. The molecule has 7 heteroatoms. The van der Waals surface area contributed by atoms with Gasteiger partial charge in [-0.15, -0.1) is 0 Å². The van der Waals surface area contributed by atoms with Crippen molar-refractivity contribution in [2.45, 2.75) is 25.9 Å². The van der Waals surface area contributed by atoms with Gasteiger partial charge < -0.3 is 4.52 Å². The highest BCUT2D eigenvalue weighted by Gasteiger charge is 2.29. The standard InChI is InChI=1S/C16H22FN5O/c1-3-15-19-14(21-23-15)10-22(2)9-12-8-18-20-16(12)11-4-6-13(17)7-5-11/h4-7,12,16,18,20H,3,8-10H2,1-2H3. The number of aromatic nitrogens is 2. The Kier molecular flexibility index (Phi) is 5.00. The fraction of sp³-hybridized carbons (Fsp3) is 0.500. The topological polar surface area (TPSA) is 66.2 Å². The third kappa shape index (κ3) is 3.93. The molecular weight excluding hydrogens is 297 g/mol. The van der Waals surface area contributed by atoms with Gasteiger partial charge in [0.2, 0.25) is 5.89 Å². The lowest BCUT2D eigenvalue weighted by atomic mass is 9.94. The first-order valence-corrected chi connectivity index (χ1v) is 7.89. The van der Waals surface area contributed by atoms with Crippen LogP contribution in [0.25, 0.3) is 0 Å². The molecule has 3 rings (SSSR count). The summed E-state index contributed by atoms with van der Waals surface area (Å²) < 4.78 is 18.2. The maximum Gasteiger partial charge on any atom is 0.226 e. The summed E-state index contributed by atoms with van der Waals surface area (Å²) in [6, 6.07) is 6.83. The molecule has 1 aromatic heterocycles. The van der Waals surface area contributed by atoms with Crippen LogP contribution >= 0.6 is 0 Å².